The number of hydrogen-bond acceptors (Lipinski definition) is 5. The zero-order valence-corrected chi connectivity index (χ0v) is 18.1. The number of aromatic amines is 2. The number of imidazole rings is 1. The molecule has 0 saturated heterocycles. The summed E-state index contributed by atoms with van der Waals surface area (Å²) in [5.74, 6) is -2.26. The molecule has 2 heterocycles. The number of para-hydroxylation sites is 1. The maximum absolute atomic E-state index is 14.6. The SMILES string of the molecule is O=C(CSc1nc2ccccc2c(=O)n1-c1ccc(F)cc1F)Nc1ccc2[nH]c(=O)[nH]c2c1. The Balaban J connectivity index is 1.46. The molecule has 8 nitrogen and oxygen atoms in total. The number of H-pyrrole nitrogens is 2. The van der Waals surface area contributed by atoms with Crippen LogP contribution in [0.2, 0.25) is 0 Å². The monoisotopic (exact) mass is 479 g/mol. The van der Waals surface area contributed by atoms with Gasteiger partial charge in [-0.2, -0.15) is 0 Å². The molecule has 5 rings (SSSR count). The van der Waals surface area contributed by atoms with E-state index in [-0.39, 0.29) is 27.7 Å². The van der Waals surface area contributed by atoms with Gasteiger partial charge in [0.15, 0.2) is 5.16 Å². The molecular formula is C23H15F2N5O3S. The van der Waals surface area contributed by atoms with Crippen LogP contribution in [0.1, 0.15) is 0 Å². The van der Waals surface area contributed by atoms with Gasteiger partial charge in [0.05, 0.1) is 33.4 Å². The van der Waals surface area contributed by atoms with Crippen molar-refractivity contribution in [2.24, 2.45) is 0 Å². The molecule has 0 atom stereocenters. The summed E-state index contributed by atoms with van der Waals surface area (Å²) in [5, 5.41) is 3.05. The maximum Gasteiger partial charge on any atom is 0.323 e. The quantitative estimate of drug-likeness (QED) is 0.264. The molecule has 0 spiro atoms. The summed E-state index contributed by atoms with van der Waals surface area (Å²) >= 11 is 0.934. The highest BCUT2D eigenvalue weighted by atomic mass is 32.2. The number of anilines is 1. The Morgan fingerprint density at radius 3 is 2.62 bits per heavy atom. The van der Waals surface area contributed by atoms with Crippen molar-refractivity contribution >= 4 is 45.3 Å². The van der Waals surface area contributed by atoms with E-state index in [1.54, 1.807) is 42.5 Å². The second kappa shape index (κ2) is 8.60. The number of rotatable bonds is 5. The highest BCUT2D eigenvalue weighted by Gasteiger charge is 2.18. The van der Waals surface area contributed by atoms with Crippen molar-refractivity contribution in [2.75, 3.05) is 11.1 Å². The van der Waals surface area contributed by atoms with Crippen LogP contribution >= 0.6 is 11.8 Å². The third-order valence-electron chi connectivity index (χ3n) is 5.03. The van der Waals surface area contributed by atoms with E-state index >= 15 is 0 Å². The number of carbonyl (C=O) groups excluding carboxylic acids is 1. The lowest BCUT2D eigenvalue weighted by atomic mass is 10.2. The molecule has 1 amide bonds. The molecule has 5 aromatic rings. The van der Waals surface area contributed by atoms with Crippen LogP contribution in [-0.4, -0.2) is 31.2 Å². The summed E-state index contributed by atoms with van der Waals surface area (Å²) in [6, 6.07) is 14.3. The first-order valence-electron chi connectivity index (χ1n) is 10.0. The molecule has 0 unspecified atom stereocenters. The number of nitrogens with one attached hydrogen (secondary N) is 3. The van der Waals surface area contributed by atoms with E-state index < -0.39 is 23.1 Å². The van der Waals surface area contributed by atoms with Crippen molar-refractivity contribution in [3.05, 3.63) is 93.1 Å². The van der Waals surface area contributed by atoms with Gasteiger partial charge in [-0.25, -0.2) is 18.6 Å². The van der Waals surface area contributed by atoms with Crippen molar-refractivity contribution in [1.82, 2.24) is 19.5 Å². The topological polar surface area (TPSA) is 113 Å². The van der Waals surface area contributed by atoms with Gasteiger partial charge in [-0.15, -0.1) is 0 Å². The Labute approximate surface area is 193 Å². The van der Waals surface area contributed by atoms with Crippen LogP contribution in [-0.2, 0) is 4.79 Å². The fourth-order valence-electron chi connectivity index (χ4n) is 3.52. The second-order valence-electron chi connectivity index (χ2n) is 7.32. The molecule has 34 heavy (non-hydrogen) atoms. The second-order valence-corrected chi connectivity index (χ2v) is 8.27. The summed E-state index contributed by atoms with van der Waals surface area (Å²) in [6.45, 7) is 0. The zero-order valence-electron chi connectivity index (χ0n) is 17.3. The van der Waals surface area contributed by atoms with Crippen LogP contribution in [0.5, 0.6) is 0 Å². The first-order valence-corrected chi connectivity index (χ1v) is 11.0. The third-order valence-corrected chi connectivity index (χ3v) is 5.97. The Hall–Kier alpha value is -4.25. The predicted octanol–water partition coefficient (Wildman–Crippen LogP) is 3.56. The maximum atomic E-state index is 14.6. The summed E-state index contributed by atoms with van der Waals surface area (Å²) in [4.78, 5) is 46.8. The minimum atomic E-state index is -0.931. The van der Waals surface area contributed by atoms with Crippen molar-refractivity contribution in [1.29, 1.82) is 0 Å². The van der Waals surface area contributed by atoms with Gasteiger partial charge in [0.25, 0.3) is 5.56 Å². The highest BCUT2D eigenvalue weighted by molar-refractivity contribution is 7.99. The van der Waals surface area contributed by atoms with Gasteiger partial charge in [0, 0.05) is 11.8 Å². The molecule has 11 heteroatoms. The number of thioether (sulfide) groups is 1. The zero-order chi connectivity index (χ0) is 23.8. The van der Waals surface area contributed by atoms with Crippen molar-refractivity contribution < 1.29 is 13.6 Å². The van der Waals surface area contributed by atoms with Gasteiger partial charge >= 0.3 is 5.69 Å². The van der Waals surface area contributed by atoms with Crippen LogP contribution in [0.3, 0.4) is 0 Å². The molecule has 3 N–H and O–H groups in total. The first kappa shape index (κ1) is 21.6. The van der Waals surface area contributed by atoms with Crippen molar-refractivity contribution in [3.63, 3.8) is 0 Å². The standard InChI is InChI=1S/C23H15F2N5O3S/c24-12-5-8-19(15(25)9-12)30-21(32)14-3-1-2-4-16(14)29-23(30)34-11-20(31)26-13-6-7-17-18(10-13)28-22(33)27-17/h1-10H,11H2,(H,26,31)(H2,27,28,33). The Bertz CT molecular complexity index is 1690. The molecule has 0 radical (unpaired) electrons. The smallest absolute Gasteiger partial charge is 0.323 e. The number of benzene rings is 3. The van der Waals surface area contributed by atoms with Gasteiger partial charge in [-0.1, -0.05) is 23.9 Å². The van der Waals surface area contributed by atoms with Gasteiger partial charge in [-0.05, 0) is 42.5 Å². The summed E-state index contributed by atoms with van der Waals surface area (Å²) in [5.41, 5.74) is 0.908. The van der Waals surface area contributed by atoms with E-state index in [1.807, 2.05) is 0 Å². The van der Waals surface area contributed by atoms with Crippen LogP contribution in [0.15, 0.2) is 75.4 Å². The molecule has 0 aliphatic carbocycles. The molecule has 3 aromatic carbocycles. The largest absolute Gasteiger partial charge is 0.325 e. The Morgan fingerprint density at radius 2 is 1.79 bits per heavy atom. The Morgan fingerprint density at radius 1 is 1.00 bits per heavy atom. The van der Waals surface area contributed by atoms with E-state index in [2.05, 4.69) is 20.3 Å². The summed E-state index contributed by atoms with van der Waals surface area (Å²) < 4.78 is 29.1. The van der Waals surface area contributed by atoms with Crippen LogP contribution in [0, 0.1) is 11.6 Å². The average Bonchev–Trinajstić information content (AvgIpc) is 3.18. The van der Waals surface area contributed by atoms with Gasteiger partial charge in [-0.3, -0.25) is 14.2 Å². The number of nitrogens with zero attached hydrogens (tertiary/aromatic N) is 2. The predicted molar refractivity (Wildman–Crippen MR) is 126 cm³/mol. The van der Waals surface area contributed by atoms with Crippen LogP contribution in [0.25, 0.3) is 27.6 Å². The molecule has 0 bridgehead atoms. The fourth-order valence-corrected chi connectivity index (χ4v) is 4.33. The number of fused-ring (bicyclic) bond motifs is 2. The highest BCUT2D eigenvalue weighted by Crippen LogP contribution is 2.24. The third kappa shape index (κ3) is 4.08. The lowest BCUT2D eigenvalue weighted by molar-refractivity contribution is -0.113. The molecule has 0 saturated carbocycles. The number of amides is 1. The molecule has 0 aliphatic heterocycles. The molecular weight excluding hydrogens is 464 g/mol. The number of aromatic nitrogens is 4. The average molecular weight is 479 g/mol. The fraction of sp³-hybridized carbons (Fsp3) is 0.0435. The number of hydrogen-bond donors (Lipinski definition) is 3. The number of carbonyl (C=O) groups is 1. The molecule has 0 aliphatic rings. The molecule has 0 fully saturated rings. The van der Waals surface area contributed by atoms with Crippen molar-refractivity contribution in [2.45, 2.75) is 5.16 Å². The first-order chi connectivity index (χ1) is 16.4. The van der Waals surface area contributed by atoms with Crippen LogP contribution < -0.4 is 16.6 Å². The lowest BCUT2D eigenvalue weighted by Crippen LogP contribution is -2.23. The van der Waals surface area contributed by atoms with E-state index in [9.17, 15) is 23.2 Å². The minimum absolute atomic E-state index is 0.0785. The van der Waals surface area contributed by atoms with Gasteiger partial charge < -0.3 is 15.3 Å². The summed E-state index contributed by atoms with van der Waals surface area (Å²) in [6.07, 6.45) is 0. The van der Waals surface area contributed by atoms with Gasteiger partial charge in [0.2, 0.25) is 5.91 Å². The number of halogens is 2. The summed E-state index contributed by atoms with van der Waals surface area (Å²) in [7, 11) is 0. The van der Waals surface area contributed by atoms with E-state index in [0.29, 0.717) is 28.3 Å². The lowest BCUT2D eigenvalue weighted by Gasteiger charge is -2.14. The van der Waals surface area contributed by atoms with E-state index in [0.717, 1.165) is 28.5 Å². The van der Waals surface area contributed by atoms with Gasteiger partial charge in [0.1, 0.15) is 11.6 Å². The molecule has 170 valence electrons. The van der Waals surface area contributed by atoms with E-state index in [1.165, 1.54) is 0 Å². The van der Waals surface area contributed by atoms with Crippen molar-refractivity contribution in [3.8, 4) is 5.69 Å². The molecule has 2 aromatic heterocycles. The van der Waals surface area contributed by atoms with E-state index in [4.69, 9.17) is 0 Å². The minimum Gasteiger partial charge on any atom is -0.325 e. The van der Waals surface area contributed by atoms with Crippen LogP contribution in [0.4, 0.5) is 14.5 Å². The Kier molecular flexibility index (Phi) is 5.46. The normalized spacial score (nSPS) is 11.2.